The summed E-state index contributed by atoms with van der Waals surface area (Å²) < 4.78 is 18.5. The fourth-order valence-corrected chi connectivity index (χ4v) is 4.33. The van der Waals surface area contributed by atoms with Crippen LogP contribution in [0.1, 0.15) is 53.4 Å². The lowest BCUT2D eigenvalue weighted by Crippen LogP contribution is -2.43. The van der Waals surface area contributed by atoms with E-state index in [1.807, 2.05) is 0 Å². The van der Waals surface area contributed by atoms with E-state index in [2.05, 4.69) is 63.9 Å². The van der Waals surface area contributed by atoms with E-state index in [9.17, 15) is 0 Å². The van der Waals surface area contributed by atoms with Crippen molar-refractivity contribution in [1.82, 2.24) is 4.90 Å². The highest BCUT2D eigenvalue weighted by Crippen LogP contribution is 2.37. The van der Waals surface area contributed by atoms with Gasteiger partial charge in [-0.2, -0.15) is 0 Å². The lowest BCUT2D eigenvalue weighted by Gasteiger charge is -2.36. The molecule has 25 heavy (non-hydrogen) atoms. The molecule has 3 aliphatic rings. The van der Waals surface area contributed by atoms with Crippen molar-refractivity contribution >= 4 is 12.6 Å². The summed E-state index contributed by atoms with van der Waals surface area (Å²) in [7, 11) is 1.95. The van der Waals surface area contributed by atoms with Crippen molar-refractivity contribution in [1.29, 1.82) is 0 Å². The van der Waals surface area contributed by atoms with Gasteiger partial charge in [-0.3, -0.25) is 0 Å². The molecule has 2 atom stereocenters. The van der Waals surface area contributed by atoms with Gasteiger partial charge in [0.25, 0.3) is 0 Å². The van der Waals surface area contributed by atoms with Gasteiger partial charge in [0.05, 0.1) is 11.2 Å². The maximum atomic E-state index is 6.28. The summed E-state index contributed by atoms with van der Waals surface area (Å²) in [5.74, 6) is 0.953. The normalized spacial score (nSPS) is 33.6. The Kier molecular flexibility index (Phi) is 4.17. The summed E-state index contributed by atoms with van der Waals surface area (Å²) in [6.45, 7) is 8.33. The van der Waals surface area contributed by atoms with Crippen molar-refractivity contribution < 1.29 is 14.0 Å². The van der Waals surface area contributed by atoms with Crippen LogP contribution in [0.4, 0.5) is 0 Å². The van der Waals surface area contributed by atoms with Gasteiger partial charge in [0.15, 0.2) is 0 Å². The Hall–Kier alpha value is -1.04. The molecule has 2 bridgehead atoms. The molecule has 0 spiro atoms. The Labute approximate surface area is 152 Å². The summed E-state index contributed by atoms with van der Waals surface area (Å²) in [6.07, 6.45) is 5.28. The van der Waals surface area contributed by atoms with Crippen LogP contribution in [-0.4, -0.2) is 48.5 Å². The molecule has 0 aliphatic carbocycles. The molecule has 3 heterocycles. The van der Waals surface area contributed by atoms with Crippen molar-refractivity contribution in [2.24, 2.45) is 0 Å². The van der Waals surface area contributed by atoms with Gasteiger partial charge in [-0.1, -0.05) is 12.1 Å². The summed E-state index contributed by atoms with van der Waals surface area (Å²) in [6, 6.07) is 9.66. The van der Waals surface area contributed by atoms with Crippen LogP contribution in [0.15, 0.2) is 24.3 Å². The second kappa shape index (κ2) is 6.00. The highest BCUT2D eigenvalue weighted by atomic mass is 16.7. The van der Waals surface area contributed by atoms with E-state index >= 15 is 0 Å². The minimum absolute atomic E-state index is 0.305. The minimum atomic E-state index is -0.307. The number of fused-ring (bicyclic) bond motifs is 2. The lowest BCUT2D eigenvalue weighted by atomic mass is 9.79. The maximum absolute atomic E-state index is 6.28. The van der Waals surface area contributed by atoms with Crippen molar-refractivity contribution in [3.8, 4) is 5.75 Å². The fraction of sp³-hybridized carbons (Fsp3) is 0.700. The van der Waals surface area contributed by atoms with E-state index in [0.717, 1.165) is 24.1 Å². The monoisotopic (exact) mass is 343 g/mol. The molecule has 1 aromatic carbocycles. The minimum Gasteiger partial charge on any atom is -0.490 e. The van der Waals surface area contributed by atoms with Gasteiger partial charge in [-0.05, 0) is 78.0 Å². The Balaban J connectivity index is 1.40. The zero-order valence-electron chi connectivity index (χ0n) is 16.1. The van der Waals surface area contributed by atoms with E-state index < -0.39 is 0 Å². The van der Waals surface area contributed by atoms with Gasteiger partial charge in [-0.25, -0.2) is 0 Å². The average molecular weight is 343 g/mol. The molecule has 0 aromatic heterocycles. The molecule has 3 aliphatic heterocycles. The average Bonchev–Trinajstić information content (AvgIpc) is 2.88. The molecule has 3 saturated heterocycles. The molecule has 0 radical (unpaired) electrons. The number of piperidine rings is 1. The largest absolute Gasteiger partial charge is 0.494 e. The molecule has 0 N–H and O–H groups in total. The van der Waals surface area contributed by atoms with E-state index in [4.69, 9.17) is 14.0 Å². The van der Waals surface area contributed by atoms with Crippen molar-refractivity contribution in [2.75, 3.05) is 7.05 Å². The molecular weight excluding hydrogens is 313 g/mol. The van der Waals surface area contributed by atoms with E-state index in [-0.39, 0.29) is 18.3 Å². The van der Waals surface area contributed by atoms with Crippen LogP contribution >= 0.6 is 0 Å². The number of ether oxygens (including phenoxy) is 1. The molecule has 2 unspecified atom stereocenters. The smallest absolute Gasteiger partial charge is 0.490 e. The maximum Gasteiger partial charge on any atom is 0.494 e. The first-order valence-electron chi connectivity index (χ1n) is 9.59. The van der Waals surface area contributed by atoms with E-state index in [1.54, 1.807) is 0 Å². The predicted molar refractivity (Wildman–Crippen MR) is 100 cm³/mol. The molecule has 1 aromatic rings. The Morgan fingerprint density at radius 1 is 0.960 bits per heavy atom. The number of hydrogen-bond donors (Lipinski definition) is 0. The first-order valence-corrected chi connectivity index (χ1v) is 9.59. The molecule has 0 amide bonds. The van der Waals surface area contributed by atoms with Crippen molar-refractivity contribution in [3.05, 3.63) is 24.3 Å². The van der Waals surface area contributed by atoms with Gasteiger partial charge in [0.2, 0.25) is 0 Å². The molecule has 4 nitrogen and oxygen atoms in total. The second-order valence-corrected chi connectivity index (χ2v) is 8.92. The standard InChI is InChI=1S/C20H30BNO3/c1-19(2)20(3,4)25-21(24-19)14-6-10-17(11-7-14)23-18-12-15-8-9-16(13-18)22(15)5/h6-7,10-11,15-16,18H,8-9,12-13H2,1-5H3. The molecular formula is C20H30BNO3. The first-order chi connectivity index (χ1) is 11.7. The Morgan fingerprint density at radius 3 is 2.00 bits per heavy atom. The van der Waals surface area contributed by atoms with E-state index in [1.165, 1.54) is 12.8 Å². The summed E-state index contributed by atoms with van der Waals surface area (Å²) in [5, 5.41) is 0. The van der Waals surface area contributed by atoms with Crippen molar-refractivity contribution in [3.63, 3.8) is 0 Å². The number of benzene rings is 1. The SMILES string of the molecule is CN1C2CCC1CC(Oc1ccc(B3OC(C)(C)C(C)(C)O3)cc1)C2. The van der Waals surface area contributed by atoms with Crippen LogP contribution in [0.2, 0.25) is 0 Å². The molecule has 4 rings (SSSR count). The highest BCUT2D eigenvalue weighted by Gasteiger charge is 2.51. The quantitative estimate of drug-likeness (QED) is 0.790. The third-order valence-electron chi connectivity index (χ3n) is 6.76. The Morgan fingerprint density at radius 2 is 1.48 bits per heavy atom. The van der Waals surface area contributed by atoms with Crippen LogP contribution in [0.3, 0.4) is 0 Å². The van der Waals surface area contributed by atoms with Gasteiger partial charge in [-0.15, -0.1) is 0 Å². The fourth-order valence-electron chi connectivity index (χ4n) is 4.33. The summed E-state index contributed by atoms with van der Waals surface area (Å²) in [4.78, 5) is 2.54. The van der Waals surface area contributed by atoms with Crippen molar-refractivity contribution in [2.45, 2.75) is 82.8 Å². The third kappa shape index (κ3) is 3.11. The van der Waals surface area contributed by atoms with Crippen LogP contribution in [-0.2, 0) is 9.31 Å². The molecule has 3 fully saturated rings. The molecule has 5 heteroatoms. The van der Waals surface area contributed by atoms with Crippen LogP contribution in [0, 0.1) is 0 Å². The highest BCUT2D eigenvalue weighted by molar-refractivity contribution is 6.62. The topological polar surface area (TPSA) is 30.9 Å². The zero-order valence-corrected chi connectivity index (χ0v) is 16.1. The van der Waals surface area contributed by atoms with Crippen LogP contribution in [0.5, 0.6) is 5.75 Å². The number of hydrogen-bond acceptors (Lipinski definition) is 4. The summed E-state index contributed by atoms with van der Waals surface area (Å²) in [5.41, 5.74) is 0.440. The number of rotatable bonds is 3. The van der Waals surface area contributed by atoms with Crippen LogP contribution in [0.25, 0.3) is 0 Å². The van der Waals surface area contributed by atoms with Crippen LogP contribution < -0.4 is 10.2 Å². The summed E-state index contributed by atoms with van der Waals surface area (Å²) >= 11 is 0. The molecule has 0 saturated carbocycles. The molecule has 136 valence electrons. The van der Waals surface area contributed by atoms with Gasteiger partial charge in [0, 0.05) is 12.1 Å². The second-order valence-electron chi connectivity index (χ2n) is 8.92. The van der Waals surface area contributed by atoms with Gasteiger partial charge in [0.1, 0.15) is 11.9 Å². The zero-order chi connectivity index (χ0) is 17.8. The third-order valence-corrected chi connectivity index (χ3v) is 6.76. The van der Waals surface area contributed by atoms with Gasteiger partial charge < -0.3 is 18.9 Å². The number of nitrogens with zero attached hydrogens (tertiary/aromatic N) is 1. The van der Waals surface area contributed by atoms with E-state index in [0.29, 0.717) is 18.2 Å². The first kappa shape index (κ1) is 17.4. The lowest BCUT2D eigenvalue weighted by molar-refractivity contribution is 0.00578. The Bertz CT molecular complexity index is 600. The van der Waals surface area contributed by atoms with Gasteiger partial charge >= 0.3 is 7.12 Å². The predicted octanol–water partition coefficient (Wildman–Crippen LogP) is 2.99.